The lowest BCUT2D eigenvalue weighted by atomic mass is 10.1. The first kappa shape index (κ1) is 13.9. The minimum Gasteiger partial charge on any atom is -0.496 e. The molecule has 0 unspecified atom stereocenters. The summed E-state index contributed by atoms with van der Waals surface area (Å²) in [5.74, 6) is -0.104. The van der Waals surface area contributed by atoms with Crippen LogP contribution in [0.4, 0.5) is 0 Å². The molecule has 2 heterocycles. The zero-order valence-electron chi connectivity index (χ0n) is 11.1. The van der Waals surface area contributed by atoms with Crippen molar-refractivity contribution in [1.29, 1.82) is 0 Å². The van der Waals surface area contributed by atoms with Crippen molar-refractivity contribution in [3.05, 3.63) is 46.8 Å². The number of carboxylic acid groups (broad SMARTS) is 1. The largest absolute Gasteiger partial charge is 0.496 e. The van der Waals surface area contributed by atoms with Gasteiger partial charge in [-0.15, -0.1) is 11.3 Å². The summed E-state index contributed by atoms with van der Waals surface area (Å²) in [6.45, 7) is 0. The van der Waals surface area contributed by atoms with Gasteiger partial charge in [-0.25, -0.2) is 9.78 Å². The molecule has 0 fully saturated rings. The molecule has 0 saturated heterocycles. The molecule has 0 radical (unpaired) electrons. The molecule has 106 valence electrons. The highest BCUT2D eigenvalue weighted by atomic mass is 32.2. The van der Waals surface area contributed by atoms with E-state index in [1.165, 1.54) is 23.1 Å². The van der Waals surface area contributed by atoms with E-state index in [4.69, 9.17) is 9.84 Å². The van der Waals surface area contributed by atoms with Gasteiger partial charge < -0.3 is 9.84 Å². The van der Waals surface area contributed by atoms with E-state index in [0.717, 1.165) is 26.4 Å². The molecule has 21 heavy (non-hydrogen) atoms. The summed E-state index contributed by atoms with van der Waals surface area (Å²) in [7, 11) is 1.64. The lowest BCUT2D eigenvalue weighted by Crippen LogP contribution is -1.90. The molecule has 3 rings (SSSR count). The van der Waals surface area contributed by atoms with Gasteiger partial charge in [0.15, 0.2) is 0 Å². The number of aromatic carboxylic acids is 1. The van der Waals surface area contributed by atoms with Crippen molar-refractivity contribution >= 4 is 39.8 Å². The molecule has 0 atom stereocenters. The zero-order chi connectivity index (χ0) is 14.8. The van der Waals surface area contributed by atoms with Gasteiger partial charge in [0.1, 0.15) is 15.7 Å². The minimum atomic E-state index is -0.903. The molecule has 0 aliphatic rings. The van der Waals surface area contributed by atoms with Crippen LogP contribution in [0.25, 0.3) is 10.8 Å². The third-order valence-corrected chi connectivity index (χ3v) is 5.01. The Hall–Kier alpha value is -2.05. The van der Waals surface area contributed by atoms with E-state index >= 15 is 0 Å². The van der Waals surface area contributed by atoms with Crippen LogP contribution in [0, 0.1) is 0 Å². The van der Waals surface area contributed by atoms with Gasteiger partial charge in [-0.1, -0.05) is 23.9 Å². The summed E-state index contributed by atoms with van der Waals surface area (Å²) < 4.78 is 5.36. The van der Waals surface area contributed by atoms with Gasteiger partial charge >= 0.3 is 5.97 Å². The fourth-order valence-electron chi connectivity index (χ4n) is 2.01. The van der Waals surface area contributed by atoms with Gasteiger partial charge in [-0.05, 0) is 18.2 Å². The topological polar surface area (TPSA) is 59.4 Å². The van der Waals surface area contributed by atoms with Crippen molar-refractivity contribution in [2.45, 2.75) is 9.92 Å². The van der Waals surface area contributed by atoms with Crippen molar-refractivity contribution in [3.8, 4) is 5.75 Å². The maximum absolute atomic E-state index is 10.9. The Kier molecular flexibility index (Phi) is 3.81. The van der Waals surface area contributed by atoms with Crippen LogP contribution in [-0.4, -0.2) is 23.2 Å². The molecule has 2 aromatic heterocycles. The third kappa shape index (κ3) is 2.72. The van der Waals surface area contributed by atoms with E-state index in [1.807, 2.05) is 29.6 Å². The predicted octanol–water partition coefficient (Wildman–Crippen LogP) is 4.15. The number of nitrogens with zero attached hydrogens (tertiary/aromatic N) is 1. The van der Waals surface area contributed by atoms with Crippen LogP contribution < -0.4 is 4.74 Å². The number of thiophene rings is 1. The number of hydrogen-bond acceptors (Lipinski definition) is 5. The molecular weight excluding hydrogens is 306 g/mol. The third-order valence-electron chi connectivity index (χ3n) is 2.95. The lowest BCUT2D eigenvalue weighted by Gasteiger charge is -2.07. The molecule has 6 heteroatoms. The number of hydrogen-bond donors (Lipinski definition) is 1. The molecule has 0 aliphatic heterocycles. The van der Waals surface area contributed by atoms with E-state index in [9.17, 15) is 4.79 Å². The van der Waals surface area contributed by atoms with E-state index in [1.54, 1.807) is 19.4 Å². The number of rotatable bonds is 4. The van der Waals surface area contributed by atoms with Crippen LogP contribution in [0.1, 0.15) is 9.67 Å². The monoisotopic (exact) mass is 317 g/mol. The summed E-state index contributed by atoms with van der Waals surface area (Å²) in [6, 6.07) is 9.39. The number of pyridine rings is 1. The Labute approximate surface area is 129 Å². The van der Waals surface area contributed by atoms with Gasteiger partial charge in [0.05, 0.1) is 7.11 Å². The minimum absolute atomic E-state index is 0.329. The average Bonchev–Trinajstić information content (AvgIpc) is 2.96. The number of carbonyl (C=O) groups is 1. The molecule has 0 saturated carbocycles. The van der Waals surface area contributed by atoms with Crippen molar-refractivity contribution in [3.63, 3.8) is 0 Å². The number of carboxylic acids is 1. The first-order chi connectivity index (χ1) is 10.2. The van der Waals surface area contributed by atoms with Crippen LogP contribution >= 0.6 is 23.1 Å². The highest BCUT2D eigenvalue weighted by Crippen LogP contribution is 2.36. The second-order valence-corrected chi connectivity index (χ2v) is 6.20. The first-order valence-corrected chi connectivity index (χ1v) is 7.80. The van der Waals surface area contributed by atoms with Gasteiger partial charge in [0.25, 0.3) is 0 Å². The molecule has 0 aliphatic carbocycles. The summed E-state index contributed by atoms with van der Waals surface area (Å²) in [5, 5.41) is 13.6. The molecule has 1 aromatic carbocycles. The quantitative estimate of drug-likeness (QED) is 0.783. The normalized spacial score (nSPS) is 10.7. The van der Waals surface area contributed by atoms with Crippen LogP contribution in [0.3, 0.4) is 0 Å². The number of ether oxygens (including phenoxy) is 1. The van der Waals surface area contributed by atoms with Crippen LogP contribution in [0.15, 0.2) is 51.8 Å². The Morgan fingerprint density at radius 3 is 2.90 bits per heavy atom. The highest BCUT2D eigenvalue weighted by Gasteiger charge is 2.11. The standard InChI is InChI=1S/C15H11NO3S2/c1-19-12-4-2-3-11-10(12)5-6-16-14(11)21-9-7-13(15(17)18)20-8-9/h2-8H,1H3,(H,17,18). The number of aromatic nitrogens is 1. The maximum Gasteiger partial charge on any atom is 0.345 e. The van der Waals surface area contributed by atoms with E-state index in [-0.39, 0.29) is 0 Å². The Balaban J connectivity index is 2.02. The van der Waals surface area contributed by atoms with Crippen LogP contribution in [0.2, 0.25) is 0 Å². The van der Waals surface area contributed by atoms with Crippen LogP contribution in [0.5, 0.6) is 5.75 Å². The number of fused-ring (bicyclic) bond motifs is 1. The Bertz CT molecular complexity index is 814. The predicted molar refractivity (Wildman–Crippen MR) is 83.7 cm³/mol. The molecular formula is C15H11NO3S2. The van der Waals surface area contributed by atoms with Crippen molar-refractivity contribution in [2.75, 3.05) is 7.11 Å². The lowest BCUT2D eigenvalue weighted by molar-refractivity contribution is 0.0702. The SMILES string of the molecule is COc1cccc2c(Sc3csc(C(=O)O)c3)nccc12. The Morgan fingerprint density at radius 2 is 2.19 bits per heavy atom. The van der Waals surface area contributed by atoms with Crippen molar-refractivity contribution < 1.29 is 14.6 Å². The average molecular weight is 317 g/mol. The number of methoxy groups -OCH3 is 1. The second-order valence-electron chi connectivity index (χ2n) is 4.23. The molecule has 0 spiro atoms. The summed E-state index contributed by atoms with van der Waals surface area (Å²) in [4.78, 5) is 16.5. The Morgan fingerprint density at radius 1 is 1.33 bits per heavy atom. The smallest absolute Gasteiger partial charge is 0.345 e. The van der Waals surface area contributed by atoms with Gasteiger partial charge in [-0.2, -0.15) is 0 Å². The van der Waals surface area contributed by atoms with Gasteiger partial charge in [0.2, 0.25) is 0 Å². The van der Waals surface area contributed by atoms with Gasteiger partial charge in [-0.3, -0.25) is 0 Å². The summed E-state index contributed by atoms with van der Waals surface area (Å²) >= 11 is 2.67. The van der Waals surface area contributed by atoms with E-state index < -0.39 is 5.97 Å². The summed E-state index contributed by atoms with van der Waals surface area (Å²) in [6.07, 6.45) is 1.73. The fraction of sp³-hybridized carbons (Fsp3) is 0.0667. The van der Waals surface area contributed by atoms with Crippen LogP contribution in [-0.2, 0) is 0 Å². The number of benzene rings is 1. The highest BCUT2D eigenvalue weighted by molar-refractivity contribution is 7.99. The first-order valence-electron chi connectivity index (χ1n) is 6.10. The maximum atomic E-state index is 10.9. The van der Waals surface area contributed by atoms with Crippen molar-refractivity contribution in [2.24, 2.45) is 0 Å². The molecule has 0 bridgehead atoms. The molecule has 3 aromatic rings. The zero-order valence-corrected chi connectivity index (χ0v) is 12.7. The summed E-state index contributed by atoms with van der Waals surface area (Å²) in [5.41, 5.74) is 0. The van der Waals surface area contributed by atoms with E-state index in [2.05, 4.69) is 4.98 Å². The van der Waals surface area contributed by atoms with Crippen molar-refractivity contribution in [1.82, 2.24) is 4.98 Å². The molecule has 0 amide bonds. The second kappa shape index (κ2) is 5.75. The van der Waals surface area contributed by atoms with Gasteiger partial charge in [0, 0.05) is 27.2 Å². The molecule has 4 nitrogen and oxygen atoms in total. The van der Waals surface area contributed by atoms with E-state index in [0.29, 0.717) is 4.88 Å². The molecule has 1 N–H and O–H groups in total. The fourth-order valence-corrected chi connectivity index (χ4v) is 3.83.